The van der Waals surface area contributed by atoms with Crippen LogP contribution in [0.5, 0.6) is 0 Å². The Bertz CT molecular complexity index is 1410. The molecule has 0 aliphatic carbocycles. The molecule has 0 aromatic heterocycles. The van der Waals surface area contributed by atoms with Gasteiger partial charge in [-0.05, 0) is 62.1 Å². The highest BCUT2D eigenvalue weighted by atomic mass is 32.2. The summed E-state index contributed by atoms with van der Waals surface area (Å²) in [7, 11) is -1.73. The second-order valence-corrected chi connectivity index (χ2v) is 10.5. The first kappa shape index (κ1) is 28.5. The topological polar surface area (TPSA) is 128 Å². The van der Waals surface area contributed by atoms with E-state index in [1.165, 1.54) is 32.4 Å². The molecule has 0 unspecified atom stereocenters. The molecule has 1 atom stereocenters. The number of carbonyl (C=O) groups is 3. The third-order valence-electron chi connectivity index (χ3n) is 5.81. The molecule has 0 aliphatic rings. The fourth-order valence-corrected chi connectivity index (χ4v) is 5.92. The number of methoxy groups -OCH3 is 2. The maximum Gasteiger partial charge on any atom is 0.337 e. The molecule has 9 nitrogen and oxygen atoms in total. The number of sulfonamides is 1. The third kappa shape index (κ3) is 6.84. The molecule has 0 bridgehead atoms. The zero-order valence-corrected chi connectivity index (χ0v) is 22.6. The number of ether oxygens (including phenoxy) is 2. The summed E-state index contributed by atoms with van der Waals surface area (Å²) in [6.07, 6.45) is 0.0520. The van der Waals surface area contributed by atoms with E-state index in [0.717, 1.165) is 11.1 Å². The number of benzene rings is 3. The smallest absolute Gasteiger partial charge is 0.337 e. The monoisotopic (exact) mass is 538 g/mol. The second kappa shape index (κ2) is 12.0. The summed E-state index contributed by atoms with van der Waals surface area (Å²) in [5, 5.41) is 2.63. The molecular formula is C28H30N2O7S. The van der Waals surface area contributed by atoms with Crippen LogP contribution in [0.1, 0.15) is 43.0 Å². The lowest BCUT2D eigenvalue weighted by atomic mass is 10.1. The van der Waals surface area contributed by atoms with Crippen molar-refractivity contribution in [2.24, 2.45) is 0 Å². The van der Waals surface area contributed by atoms with Gasteiger partial charge in [0.05, 0.1) is 30.2 Å². The molecule has 0 aliphatic heterocycles. The van der Waals surface area contributed by atoms with E-state index < -0.39 is 33.9 Å². The molecule has 1 amide bonds. The molecule has 0 heterocycles. The Morgan fingerprint density at radius 1 is 0.816 bits per heavy atom. The van der Waals surface area contributed by atoms with Crippen LogP contribution in [0.2, 0.25) is 0 Å². The highest BCUT2D eigenvalue weighted by Crippen LogP contribution is 2.23. The van der Waals surface area contributed by atoms with Crippen LogP contribution in [0.15, 0.2) is 65.6 Å². The first-order valence-electron chi connectivity index (χ1n) is 11.7. The zero-order valence-electron chi connectivity index (χ0n) is 21.8. The van der Waals surface area contributed by atoms with Gasteiger partial charge in [-0.3, -0.25) is 4.79 Å². The SMILES string of the molecule is COC(=O)c1cc(NC(=O)[C@H](Cc2ccccc2)NS(=O)(=O)c2c(C)cc(C)cc2C)cc(C(=O)OC)c1. The summed E-state index contributed by atoms with van der Waals surface area (Å²) in [5.41, 5.74) is 2.88. The van der Waals surface area contributed by atoms with E-state index >= 15 is 0 Å². The van der Waals surface area contributed by atoms with Crippen molar-refractivity contribution < 1.29 is 32.3 Å². The van der Waals surface area contributed by atoms with E-state index in [2.05, 4.69) is 10.0 Å². The van der Waals surface area contributed by atoms with E-state index in [1.807, 2.05) is 13.0 Å². The van der Waals surface area contributed by atoms with Crippen molar-refractivity contribution in [1.82, 2.24) is 4.72 Å². The minimum atomic E-state index is -4.11. The highest BCUT2D eigenvalue weighted by molar-refractivity contribution is 7.89. The van der Waals surface area contributed by atoms with Crippen molar-refractivity contribution in [3.05, 3.63) is 94.0 Å². The van der Waals surface area contributed by atoms with E-state index in [4.69, 9.17) is 9.47 Å². The van der Waals surface area contributed by atoms with Gasteiger partial charge in [-0.25, -0.2) is 18.0 Å². The van der Waals surface area contributed by atoms with Crippen molar-refractivity contribution in [3.63, 3.8) is 0 Å². The maximum absolute atomic E-state index is 13.5. The Kier molecular flexibility index (Phi) is 9.03. The number of hydrogen-bond donors (Lipinski definition) is 2. The Hall–Kier alpha value is -4.02. The van der Waals surface area contributed by atoms with Crippen LogP contribution in [0.25, 0.3) is 0 Å². The molecular weight excluding hydrogens is 508 g/mol. The van der Waals surface area contributed by atoms with Gasteiger partial charge < -0.3 is 14.8 Å². The van der Waals surface area contributed by atoms with Gasteiger partial charge in [-0.1, -0.05) is 48.0 Å². The number of nitrogens with one attached hydrogen (secondary N) is 2. The van der Waals surface area contributed by atoms with Crippen molar-refractivity contribution in [2.45, 2.75) is 38.1 Å². The van der Waals surface area contributed by atoms with Crippen LogP contribution in [-0.4, -0.2) is 46.5 Å². The zero-order chi connectivity index (χ0) is 28.0. The third-order valence-corrected chi connectivity index (χ3v) is 7.59. The number of esters is 2. The molecule has 0 saturated carbocycles. The van der Waals surface area contributed by atoms with Gasteiger partial charge in [0.2, 0.25) is 15.9 Å². The van der Waals surface area contributed by atoms with Gasteiger partial charge in [0.15, 0.2) is 0 Å². The standard InChI is InChI=1S/C28H30N2O7S/c1-17-11-18(2)25(19(3)12-17)38(34,35)30-24(13-20-9-7-6-8-10-20)26(31)29-23-15-21(27(32)36-4)14-22(16-23)28(33)37-5/h6-12,14-16,24,30H,13H2,1-5H3,(H,29,31)/t24-/m0/s1. The molecule has 3 aromatic rings. The molecule has 2 N–H and O–H groups in total. The summed E-state index contributed by atoms with van der Waals surface area (Å²) in [4.78, 5) is 37.9. The summed E-state index contributed by atoms with van der Waals surface area (Å²) in [5.74, 6) is -2.13. The van der Waals surface area contributed by atoms with Crippen LogP contribution in [-0.2, 0) is 30.7 Å². The molecule has 0 spiro atoms. The molecule has 3 rings (SSSR count). The predicted molar refractivity (Wildman–Crippen MR) is 143 cm³/mol. The average Bonchev–Trinajstić information content (AvgIpc) is 2.86. The van der Waals surface area contributed by atoms with E-state index in [0.29, 0.717) is 11.1 Å². The van der Waals surface area contributed by atoms with Crippen molar-refractivity contribution >= 4 is 33.6 Å². The molecule has 10 heteroatoms. The van der Waals surface area contributed by atoms with Gasteiger partial charge >= 0.3 is 11.9 Å². The quantitative estimate of drug-likeness (QED) is 0.398. The van der Waals surface area contributed by atoms with E-state index in [1.54, 1.807) is 50.2 Å². The number of hydrogen-bond acceptors (Lipinski definition) is 7. The number of rotatable bonds is 9. The lowest BCUT2D eigenvalue weighted by Crippen LogP contribution is -2.45. The number of anilines is 1. The molecule has 0 radical (unpaired) electrons. The van der Waals surface area contributed by atoms with Crippen LogP contribution in [0.3, 0.4) is 0 Å². The number of carbonyl (C=O) groups excluding carboxylic acids is 3. The van der Waals surface area contributed by atoms with Crippen molar-refractivity contribution in [1.29, 1.82) is 0 Å². The Morgan fingerprint density at radius 3 is 1.84 bits per heavy atom. The Morgan fingerprint density at radius 2 is 1.34 bits per heavy atom. The maximum atomic E-state index is 13.5. The largest absolute Gasteiger partial charge is 0.465 e. The van der Waals surface area contributed by atoms with Crippen LogP contribution in [0.4, 0.5) is 5.69 Å². The molecule has 3 aromatic carbocycles. The molecule has 200 valence electrons. The molecule has 38 heavy (non-hydrogen) atoms. The van der Waals surface area contributed by atoms with Crippen molar-refractivity contribution in [2.75, 3.05) is 19.5 Å². The summed E-state index contributed by atoms with van der Waals surface area (Å²) >= 11 is 0. The number of aryl methyl sites for hydroxylation is 3. The predicted octanol–water partition coefficient (Wildman–Crippen LogP) is 3.71. The highest BCUT2D eigenvalue weighted by Gasteiger charge is 2.29. The lowest BCUT2D eigenvalue weighted by Gasteiger charge is -2.21. The van der Waals surface area contributed by atoms with Gasteiger partial charge in [0.25, 0.3) is 0 Å². The van der Waals surface area contributed by atoms with Crippen LogP contribution in [0, 0.1) is 20.8 Å². The van der Waals surface area contributed by atoms with Crippen LogP contribution < -0.4 is 10.0 Å². The Balaban J connectivity index is 2.00. The van der Waals surface area contributed by atoms with Gasteiger partial charge in [-0.2, -0.15) is 4.72 Å². The fraction of sp³-hybridized carbons (Fsp3) is 0.250. The fourth-order valence-electron chi connectivity index (χ4n) is 4.28. The molecule has 0 fully saturated rings. The number of amides is 1. The van der Waals surface area contributed by atoms with Crippen molar-refractivity contribution in [3.8, 4) is 0 Å². The second-order valence-electron chi connectivity index (χ2n) is 8.86. The normalized spacial score (nSPS) is 11.9. The van der Waals surface area contributed by atoms with Gasteiger partial charge in [0, 0.05) is 5.69 Å². The first-order chi connectivity index (χ1) is 17.9. The van der Waals surface area contributed by atoms with E-state index in [9.17, 15) is 22.8 Å². The van der Waals surface area contributed by atoms with E-state index in [-0.39, 0.29) is 28.1 Å². The summed E-state index contributed by atoms with van der Waals surface area (Å²) in [6.45, 7) is 5.28. The first-order valence-corrected chi connectivity index (χ1v) is 13.2. The van der Waals surface area contributed by atoms with Gasteiger partial charge in [0.1, 0.15) is 6.04 Å². The minimum absolute atomic E-state index is 0.0109. The summed E-state index contributed by atoms with van der Waals surface area (Å²) < 4.78 is 39.0. The minimum Gasteiger partial charge on any atom is -0.465 e. The Labute approximate surface area is 222 Å². The summed E-state index contributed by atoms with van der Waals surface area (Å²) in [6, 6.07) is 15.2. The average molecular weight is 539 g/mol. The molecule has 0 saturated heterocycles. The lowest BCUT2D eigenvalue weighted by molar-refractivity contribution is -0.117. The van der Waals surface area contributed by atoms with Gasteiger partial charge in [-0.15, -0.1) is 0 Å². The van der Waals surface area contributed by atoms with Crippen LogP contribution >= 0.6 is 0 Å².